The molecule has 2 N–H and O–H groups in total. The first-order valence-corrected chi connectivity index (χ1v) is 6.37. The molecule has 2 aromatic heterocycles. The minimum absolute atomic E-state index is 0.326. The average molecular weight is 271 g/mol. The van der Waals surface area contributed by atoms with E-state index < -0.39 is 0 Å². The molecule has 0 atom stereocenters. The molecule has 102 valence electrons. The smallest absolute Gasteiger partial charge is 0.180 e. The number of hydrogen-bond acceptors (Lipinski definition) is 4. The van der Waals surface area contributed by atoms with Crippen LogP contribution < -0.4 is 10.6 Å². The number of anilines is 3. The predicted molar refractivity (Wildman–Crippen MR) is 76.8 cm³/mol. The van der Waals surface area contributed by atoms with Crippen molar-refractivity contribution < 1.29 is 4.39 Å². The lowest BCUT2D eigenvalue weighted by Crippen LogP contribution is -2.05. The molecule has 3 aromatic rings. The summed E-state index contributed by atoms with van der Waals surface area (Å²) >= 11 is 0. The molecule has 2 heterocycles. The van der Waals surface area contributed by atoms with Crippen molar-refractivity contribution in [2.75, 3.05) is 17.2 Å². The first-order chi connectivity index (χ1) is 9.78. The number of imidazole rings is 1. The summed E-state index contributed by atoms with van der Waals surface area (Å²) in [5.41, 5.74) is 1.02. The molecule has 0 radical (unpaired) electrons. The number of halogens is 1. The van der Waals surface area contributed by atoms with Gasteiger partial charge in [0, 0.05) is 18.9 Å². The third kappa shape index (κ3) is 2.27. The first-order valence-electron chi connectivity index (χ1n) is 6.37. The molecule has 0 bridgehead atoms. The topological polar surface area (TPSA) is 54.2 Å². The molecule has 3 rings (SSSR count). The van der Waals surface area contributed by atoms with Crippen molar-refractivity contribution in [3.05, 3.63) is 48.7 Å². The van der Waals surface area contributed by atoms with Gasteiger partial charge in [0.05, 0.1) is 11.9 Å². The Morgan fingerprint density at radius 2 is 2.15 bits per heavy atom. The largest absolute Gasteiger partial charge is 0.369 e. The fourth-order valence-corrected chi connectivity index (χ4v) is 1.97. The second kappa shape index (κ2) is 5.16. The molecule has 0 unspecified atom stereocenters. The molecule has 0 aliphatic carbocycles. The van der Waals surface area contributed by atoms with Gasteiger partial charge in [-0.25, -0.2) is 14.4 Å². The summed E-state index contributed by atoms with van der Waals surface area (Å²) in [6.45, 7) is 2.75. The second-order valence-electron chi connectivity index (χ2n) is 4.27. The molecule has 0 aliphatic heterocycles. The highest BCUT2D eigenvalue weighted by Gasteiger charge is 2.09. The van der Waals surface area contributed by atoms with Crippen molar-refractivity contribution in [2.24, 2.45) is 0 Å². The van der Waals surface area contributed by atoms with E-state index in [4.69, 9.17) is 0 Å². The van der Waals surface area contributed by atoms with Crippen LogP contribution in [0.25, 0.3) is 5.65 Å². The van der Waals surface area contributed by atoms with Crippen LogP contribution >= 0.6 is 0 Å². The maximum atomic E-state index is 13.7. The molecule has 1 aromatic carbocycles. The summed E-state index contributed by atoms with van der Waals surface area (Å²) in [4.78, 5) is 8.66. The number of benzene rings is 1. The zero-order chi connectivity index (χ0) is 13.9. The number of aromatic nitrogens is 3. The van der Waals surface area contributed by atoms with Gasteiger partial charge in [-0.1, -0.05) is 12.1 Å². The van der Waals surface area contributed by atoms with Crippen LogP contribution in [0.1, 0.15) is 6.92 Å². The Hall–Kier alpha value is -2.63. The van der Waals surface area contributed by atoms with Gasteiger partial charge in [0.1, 0.15) is 11.6 Å². The highest BCUT2D eigenvalue weighted by atomic mass is 19.1. The number of nitrogens with zero attached hydrogens (tertiary/aromatic N) is 3. The molecule has 0 saturated heterocycles. The number of nitrogens with one attached hydrogen (secondary N) is 2. The molecule has 0 saturated carbocycles. The van der Waals surface area contributed by atoms with E-state index in [2.05, 4.69) is 20.6 Å². The van der Waals surface area contributed by atoms with Gasteiger partial charge in [-0.05, 0) is 19.1 Å². The quantitative estimate of drug-likeness (QED) is 0.765. The summed E-state index contributed by atoms with van der Waals surface area (Å²) in [7, 11) is 0. The van der Waals surface area contributed by atoms with Gasteiger partial charge < -0.3 is 15.0 Å². The average Bonchev–Trinajstić information content (AvgIpc) is 2.90. The normalized spacial score (nSPS) is 10.7. The summed E-state index contributed by atoms with van der Waals surface area (Å²) in [5.74, 6) is 0.892. The maximum absolute atomic E-state index is 13.7. The summed E-state index contributed by atoms with van der Waals surface area (Å²) in [6.07, 6.45) is 5.35. The van der Waals surface area contributed by atoms with Crippen LogP contribution in [0.4, 0.5) is 21.7 Å². The van der Waals surface area contributed by atoms with E-state index in [0.717, 1.165) is 6.54 Å². The third-order valence-electron chi connectivity index (χ3n) is 2.86. The van der Waals surface area contributed by atoms with Crippen LogP contribution in [-0.4, -0.2) is 20.9 Å². The van der Waals surface area contributed by atoms with E-state index in [1.807, 2.05) is 23.7 Å². The zero-order valence-corrected chi connectivity index (χ0v) is 11.0. The lowest BCUT2D eigenvalue weighted by Gasteiger charge is -2.10. The Morgan fingerprint density at radius 3 is 2.95 bits per heavy atom. The SMILES string of the molecule is CCNc1cn2ccnc2c(Nc2ccccc2F)n1. The Labute approximate surface area is 115 Å². The predicted octanol–water partition coefficient (Wildman–Crippen LogP) is 3.04. The van der Waals surface area contributed by atoms with Gasteiger partial charge >= 0.3 is 0 Å². The van der Waals surface area contributed by atoms with Crippen molar-refractivity contribution in [1.29, 1.82) is 0 Å². The Morgan fingerprint density at radius 1 is 1.30 bits per heavy atom. The molecule has 0 spiro atoms. The minimum Gasteiger partial charge on any atom is -0.369 e. The van der Waals surface area contributed by atoms with E-state index in [1.54, 1.807) is 24.4 Å². The lowest BCUT2D eigenvalue weighted by molar-refractivity contribution is 0.632. The molecule has 5 nitrogen and oxygen atoms in total. The van der Waals surface area contributed by atoms with Crippen LogP contribution in [0.15, 0.2) is 42.9 Å². The Kier molecular flexibility index (Phi) is 3.20. The minimum atomic E-state index is -0.326. The first kappa shape index (κ1) is 12.4. The number of rotatable bonds is 4. The standard InChI is InChI=1S/C14H14FN5/c1-2-16-12-9-20-8-7-17-14(20)13(19-12)18-11-6-4-3-5-10(11)15/h3-9,16H,2H2,1H3,(H,18,19). The lowest BCUT2D eigenvalue weighted by atomic mass is 10.3. The highest BCUT2D eigenvalue weighted by molar-refractivity contribution is 5.71. The number of fused-ring (bicyclic) bond motifs is 1. The van der Waals surface area contributed by atoms with Crippen molar-refractivity contribution in [3.63, 3.8) is 0 Å². The van der Waals surface area contributed by atoms with Crippen LogP contribution in [0, 0.1) is 5.82 Å². The Balaban J connectivity index is 2.05. The third-order valence-corrected chi connectivity index (χ3v) is 2.86. The monoisotopic (exact) mass is 271 g/mol. The second-order valence-corrected chi connectivity index (χ2v) is 4.27. The molecule has 0 fully saturated rings. The van der Waals surface area contributed by atoms with Gasteiger partial charge in [0.2, 0.25) is 0 Å². The highest BCUT2D eigenvalue weighted by Crippen LogP contribution is 2.22. The fraction of sp³-hybridized carbons (Fsp3) is 0.143. The van der Waals surface area contributed by atoms with Gasteiger partial charge in [0.25, 0.3) is 0 Å². The number of hydrogen-bond donors (Lipinski definition) is 2. The van der Waals surface area contributed by atoms with Crippen LogP contribution in [0.3, 0.4) is 0 Å². The van der Waals surface area contributed by atoms with Crippen molar-refractivity contribution >= 4 is 23.0 Å². The van der Waals surface area contributed by atoms with Gasteiger partial charge in [-0.15, -0.1) is 0 Å². The molecular formula is C14H14FN5. The van der Waals surface area contributed by atoms with Gasteiger partial charge in [-0.3, -0.25) is 0 Å². The fourth-order valence-electron chi connectivity index (χ4n) is 1.97. The number of para-hydroxylation sites is 1. The van der Waals surface area contributed by atoms with Crippen LogP contribution in [0.2, 0.25) is 0 Å². The summed E-state index contributed by atoms with van der Waals surface area (Å²) < 4.78 is 15.6. The molecular weight excluding hydrogens is 257 g/mol. The summed E-state index contributed by atoms with van der Waals surface area (Å²) in [5, 5.41) is 6.13. The van der Waals surface area contributed by atoms with E-state index in [9.17, 15) is 4.39 Å². The van der Waals surface area contributed by atoms with Crippen molar-refractivity contribution in [2.45, 2.75) is 6.92 Å². The van der Waals surface area contributed by atoms with E-state index in [0.29, 0.717) is 23.0 Å². The van der Waals surface area contributed by atoms with Crippen LogP contribution in [0.5, 0.6) is 0 Å². The zero-order valence-electron chi connectivity index (χ0n) is 11.0. The van der Waals surface area contributed by atoms with Crippen molar-refractivity contribution in [3.8, 4) is 0 Å². The molecule has 0 amide bonds. The van der Waals surface area contributed by atoms with Gasteiger partial charge in [0.15, 0.2) is 11.5 Å². The van der Waals surface area contributed by atoms with Crippen LogP contribution in [-0.2, 0) is 0 Å². The van der Waals surface area contributed by atoms with E-state index in [1.165, 1.54) is 6.07 Å². The maximum Gasteiger partial charge on any atom is 0.180 e. The molecule has 20 heavy (non-hydrogen) atoms. The molecule has 6 heteroatoms. The summed E-state index contributed by atoms with van der Waals surface area (Å²) in [6, 6.07) is 6.48. The Bertz CT molecular complexity index is 737. The van der Waals surface area contributed by atoms with Crippen molar-refractivity contribution in [1.82, 2.24) is 14.4 Å². The van der Waals surface area contributed by atoms with E-state index in [-0.39, 0.29) is 5.82 Å². The molecule has 0 aliphatic rings. The van der Waals surface area contributed by atoms with Gasteiger partial charge in [-0.2, -0.15) is 0 Å². The van der Waals surface area contributed by atoms with E-state index >= 15 is 0 Å².